The van der Waals surface area contributed by atoms with Gasteiger partial charge in [0.1, 0.15) is 5.83 Å². The van der Waals surface area contributed by atoms with Crippen LogP contribution in [-0.2, 0) is 0 Å². The third-order valence-electron chi connectivity index (χ3n) is 6.82. The molecule has 0 saturated carbocycles. The highest BCUT2D eigenvalue weighted by atomic mass is 19.1. The highest BCUT2D eigenvalue weighted by Gasteiger charge is 2.15. The molecule has 32 heavy (non-hydrogen) atoms. The minimum Gasteiger partial charge on any atom is -0.207 e. The summed E-state index contributed by atoms with van der Waals surface area (Å²) in [6.07, 6.45) is 13.5. The third-order valence-corrected chi connectivity index (χ3v) is 6.82. The van der Waals surface area contributed by atoms with Crippen LogP contribution in [0.1, 0.15) is 93.4 Å². The van der Waals surface area contributed by atoms with Crippen molar-refractivity contribution < 1.29 is 4.39 Å². The highest BCUT2D eigenvalue weighted by Crippen LogP contribution is 2.29. The van der Waals surface area contributed by atoms with Gasteiger partial charge >= 0.3 is 0 Å². The van der Waals surface area contributed by atoms with Crippen LogP contribution in [0.3, 0.4) is 0 Å². The van der Waals surface area contributed by atoms with Crippen LogP contribution in [0.25, 0.3) is 0 Å². The van der Waals surface area contributed by atoms with Crippen LogP contribution < -0.4 is 0 Å². The number of hydrogen-bond donors (Lipinski definition) is 0. The van der Waals surface area contributed by atoms with Crippen molar-refractivity contribution in [3.05, 3.63) is 72.7 Å². The molecule has 0 aliphatic heterocycles. The summed E-state index contributed by atoms with van der Waals surface area (Å²) in [7, 11) is 0. The van der Waals surface area contributed by atoms with Crippen molar-refractivity contribution in [3.8, 4) is 0 Å². The van der Waals surface area contributed by atoms with Crippen molar-refractivity contribution in [2.24, 2.45) is 29.6 Å². The maximum atomic E-state index is 14.7. The van der Waals surface area contributed by atoms with E-state index >= 15 is 0 Å². The molecule has 0 radical (unpaired) electrons. The summed E-state index contributed by atoms with van der Waals surface area (Å²) in [6, 6.07) is 0. The summed E-state index contributed by atoms with van der Waals surface area (Å²) in [5.41, 5.74) is 3.74. The average Bonchev–Trinajstić information content (AvgIpc) is 2.75. The van der Waals surface area contributed by atoms with Crippen LogP contribution >= 0.6 is 0 Å². The van der Waals surface area contributed by atoms with E-state index in [1.807, 2.05) is 0 Å². The van der Waals surface area contributed by atoms with Crippen LogP contribution in [0.2, 0.25) is 0 Å². The molecule has 0 aliphatic carbocycles. The minimum atomic E-state index is -0.214. The first kappa shape index (κ1) is 30.4. The lowest BCUT2D eigenvalue weighted by molar-refractivity contribution is 0.477. The molecule has 0 aromatic heterocycles. The number of halogens is 1. The maximum absolute atomic E-state index is 14.7. The van der Waals surface area contributed by atoms with Crippen molar-refractivity contribution in [1.29, 1.82) is 0 Å². The Labute approximate surface area is 200 Å². The van der Waals surface area contributed by atoms with Crippen LogP contribution in [0.4, 0.5) is 4.39 Å². The van der Waals surface area contributed by atoms with Crippen molar-refractivity contribution >= 4 is 0 Å². The first-order chi connectivity index (χ1) is 14.9. The van der Waals surface area contributed by atoms with E-state index in [0.717, 1.165) is 36.8 Å². The topological polar surface area (TPSA) is 0 Å². The Bertz CT molecular complexity index is 673. The molecule has 0 heterocycles. The van der Waals surface area contributed by atoms with E-state index in [1.165, 1.54) is 24.8 Å². The first-order valence-electron chi connectivity index (χ1n) is 12.7. The SMILES string of the molecule is C=C(/C=C\C(=C)C(C)CCC(C)C(=C)/C=C(/F)C(=C)C(C)CCC(C)C)C(C)CCCC. The fourth-order valence-corrected chi connectivity index (χ4v) is 3.50. The van der Waals surface area contributed by atoms with Gasteiger partial charge in [-0.1, -0.05) is 117 Å². The second-order valence-corrected chi connectivity index (χ2v) is 10.4. The zero-order valence-corrected chi connectivity index (χ0v) is 22.3. The number of rotatable bonds is 17. The van der Waals surface area contributed by atoms with Gasteiger partial charge in [0.25, 0.3) is 0 Å². The van der Waals surface area contributed by atoms with E-state index in [2.05, 4.69) is 86.9 Å². The number of hydrogen-bond acceptors (Lipinski definition) is 0. The molecular weight excluding hydrogens is 391 g/mol. The second-order valence-electron chi connectivity index (χ2n) is 10.4. The Kier molecular flexibility index (Phi) is 15.2. The van der Waals surface area contributed by atoms with Crippen molar-refractivity contribution in [1.82, 2.24) is 0 Å². The van der Waals surface area contributed by atoms with Crippen LogP contribution in [0, 0.1) is 29.6 Å². The normalized spacial score (nSPS) is 16.1. The van der Waals surface area contributed by atoms with Gasteiger partial charge in [0.15, 0.2) is 0 Å². The molecule has 0 spiro atoms. The van der Waals surface area contributed by atoms with Gasteiger partial charge in [0.05, 0.1) is 0 Å². The standard InChI is InChI=1S/C31H51F/c1-12-13-14-23(4)24(5)17-18-25(6)26(7)19-20-27(8)29(10)21-31(32)30(11)28(9)16-15-22(2)3/h17-18,21-23,26-28H,5-6,10-16,19-20H2,1-4,7-9H3/b18-17-,31-21+. The molecule has 4 atom stereocenters. The lowest BCUT2D eigenvalue weighted by atomic mass is 9.88. The van der Waals surface area contributed by atoms with E-state index in [-0.39, 0.29) is 17.7 Å². The third kappa shape index (κ3) is 12.4. The van der Waals surface area contributed by atoms with Gasteiger partial charge < -0.3 is 0 Å². The Morgan fingerprint density at radius 3 is 1.56 bits per heavy atom. The van der Waals surface area contributed by atoms with Crippen LogP contribution in [0.5, 0.6) is 0 Å². The molecule has 1 heteroatoms. The van der Waals surface area contributed by atoms with Gasteiger partial charge in [-0.25, -0.2) is 4.39 Å². The predicted molar refractivity (Wildman–Crippen MR) is 144 cm³/mol. The van der Waals surface area contributed by atoms with Crippen molar-refractivity contribution in [2.45, 2.75) is 93.4 Å². The van der Waals surface area contributed by atoms with Crippen molar-refractivity contribution in [3.63, 3.8) is 0 Å². The molecule has 182 valence electrons. The first-order valence-corrected chi connectivity index (χ1v) is 12.7. The Morgan fingerprint density at radius 2 is 1.09 bits per heavy atom. The van der Waals surface area contributed by atoms with E-state index in [1.54, 1.807) is 6.08 Å². The monoisotopic (exact) mass is 442 g/mol. The molecule has 0 saturated heterocycles. The fraction of sp³-hybridized carbons (Fsp3) is 0.613. The van der Waals surface area contributed by atoms with Gasteiger partial charge in [0.2, 0.25) is 0 Å². The zero-order valence-electron chi connectivity index (χ0n) is 22.3. The number of allylic oxidation sites excluding steroid dienone is 8. The summed E-state index contributed by atoms with van der Waals surface area (Å²) in [5.74, 6) is 1.69. The molecule has 0 rings (SSSR count). The summed E-state index contributed by atoms with van der Waals surface area (Å²) in [4.78, 5) is 0. The molecule has 0 N–H and O–H groups in total. The van der Waals surface area contributed by atoms with E-state index in [9.17, 15) is 4.39 Å². The summed E-state index contributed by atoms with van der Waals surface area (Å²) >= 11 is 0. The van der Waals surface area contributed by atoms with Gasteiger partial charge in [0, 0.05) is 0 Å². The van der Waals surface area contributed by atoms with Crippen LogP contribution in [0.15, 0.2) is 72.7 Å². The molecule has 0 fully saturated rings. The average molecular weight is 443 g/mol. The van der Waals surface area contributed by atoms with E-state index < -0.39 is 0 Å². The molecule has 0 aromatic carbocycles. The Balaban J connectivity index is 4.64. The predicted octanol–water partition coefficient (Wildman–Crippen LogP) is 10.6. The maximum Gasteiger partial charge on any atom is 0.126 e. The molecule has 0 aromatic rings. The molecule has 0 aliphatic rings. The van der Waals surface area contributed by atoms with E-state index in [0.29, 0.717) is 23.3 Å². The van der Waals surface area contributed by atoms with Crippen LogP contribution in [-0.4, -0.2) is 0 Å². The van der Waals surface area contributed by atoms with Gasteiger partial charge in [-0.2, -0.15) is 0 Å². The fourth-order valence-electron chi connectivity index (χ4n) is 3.50. The minimum absolute atomic E-state index is 0.159. The summed E-state index contributed by atoms with van der Waals surface area (Å²) in [5, 5.41) is 0. The quantitative estimate of drug-likeness (QED) is 0.196. The lowest BCUT2D eigenvalue weighted by Gasteiger charge is -2.18. The lowest BCUT2D eigenvalue weighted by Crippen LogP contribution is -2.05. The molecule has 0 amide bonds. The van der Waals surface area contributed by atoms with E-state index in [4.69, 9.17) is 0 Å². The summed E-state index contributed by atoms with van der Waals surface area (Å²) < 4.78 is 14.7. The molecular formula is C31H51F. The highest BCUT2D eigenvalue weighted by molar-refractivity contribution is 5.32. The van der Waals surface area contributed by atoms with Gasteiger partial charge in [-0.05, 0) is 72.5 Å². The van der Waals surface area contributed by atoms with Crippen molar-refractivity contribution in [2.75, 3.05) is 0 Å². The largest absolute Gasteiger partial charge is 0.207 e. The Morgan fingerprint density at radius 1 is 0.656 bits per heavy atom. The zero-order chi connectivity index (χ0) is 24.8. The smallest absolute Gasteiger partial charge is 0.126 e. The molecule has 0 bridgehead atoms. The molecule has 4 unspecified atom stereocenters. The van der Waals surface area contributed by atoms with Gasteiger partial charge in [-0.15, -0.1) is 0 Å². The summed E-state index contributed by atoms with van der Waals surface area (Å²) in [6.45, 7) is 31.9. The Hall–Kier alpha value is -1.63. The molecule has 0 nitrogen and oxygen atoms in total. The number of unbranched alkanes of at least 4 members (excludes halogenated alkanes) is 1. The second kappa shape index (κ2) is 16.1. The van der Waals surface area contributed by atoms with Gasteiger partial charge in [-0.3, -0.25) is 0 Å².